The zero-order valence-corrected chi connectivity index (χ0v) is 10.1. The molecule has 2 rings (SSSR count). The highest BCUT2D eigenvalue weighted by Crippen LogP contribution is 2.31. The molecular formula is C11H12F3N5. The maximum Gasteiger partial charge on any atom is 0.416 e. The van der Waals surface area contributed by atoms with Gasteiger partial charge in [-0.15, -0.1) is 0 Å². The number of anilines is 2. The van der Waals surface area contributed by atoms with Crippen LogP contribution in [0.25, 0.3) is 0 Å². The minimum Gasteiger partial charge on any atom is -0.384 e. The van der Waals surface area contributed by atoms with Crippen molar-refractivity contribution in [3.63, 3.8) is 0 Å². The summed E-state index contributed by atoms with van der Waals surface area (Å²) in [5.74, 6) is -0.115. The Morgan fingerprint density at radius 1 is 1.37 bits per heavy atom. The van der Waals surface area contributed by atoms with E-state index in [-0.39, 0.29) is 18.2 Å². The summed E-state index contributed by atoms with van der Waals surface area (Å²) >= 11 is 0. The lowest BCUT2D eigenvalue weighted by atomic mass is 10.2. The van der Waals surface area contributed by atoms with Crippen LogP contribution in [0.5, 0.6) is 0 Å². The van der Waals surface area contributed by atoms with Crippen molar-refractivity contribution in [2.24, 2.45) is 7.05 Å². The van der Waals surface area contributed by atoms with E-state index in [0.717, 1.165) is 12.1 Å². The number of halogens is 3. The molecule has 0 aliphatic rings. The summed E-state index contributed by atoms with van der Waals surface area (Å²) in [5.41, 5.74) is 5.22. The molecule has 8 heteroatoms. The van der Waals surface area contributed by atoms with Crippen molar-refractivity contribution in [1.82, 2.24) is 14.8 Å². The predicted octanol–water partition coefficient (Wildman–Crippen LogP) is 2.03. The van der Waals surface area contributed by atoms with Gasteiger partial charge in [0.05, 0.1) is 17.8 Å². The molecule has 102 valence electrons. The number of nitrogens with one attached hydrogen (secondary N) is 1. The van der Waals surface area contributed by atoms with Crippen LogP contribution in [-0.2, 0) is 19.8 Å². The predicted molar refractivity (Wildman–Crippen MR) is 64.2 cm³/mol. The van der Waals surface area contributed by atoms with E-state index in [1.165, 1.54) is 0 Å². The molecule has 0 aromatic carbocycles. The molecule has 3 N–H and O–H groups in total. The van der Waals surface area contributed by atoms with E-state index in [9.17, 15) is 13.2 Å². The summed E-state index contributed by atoms with van der Waals surface area (Å²) in [4.78, 5) is 3.80. The second-order valence-electron chi connectivity index (χ2n) is 4.00. The Labute approximate surface area is 107 Å². The minimum atomic E-state index is -4.45. The van der Waals surface area contributed by atoms with Crippen molar-refractivity contribution in [1.29, 1.82) is 0 Å². The zero-order valence-electron chi connectivity index (χ0n) is 10.1. The van der Waals surface area contributed by atoms with E-state index >= 15 is 0 Å². The van der Waals surface area contributed by atoms with E-state index in [1.807, 2.05) is 0 Å². The molecule has 0 fully saturated rings. The van der Waals surface area contributed by atoms with Crippen molar-refractivity contribution in [2.45, 2.75) is 12.7 Å². The van der Waals surface area contributed by atoms with Gasteiger partial charge in [0.1, 0.15) is 11.6 Å². The summed E-state index contributed by atoms with van der Waals surface area (Å²) in [7, 11) is 1.75. The largest absolute Gasteiger partial charge is 0.416 e. The van der Waals surface area contributed by atoms with E-state index in [4.69, 9.17) is 5.73 Å². The normalized spacial score (nSPS) is 11.6. The molecule has 0 aliphatic carbocycles. The van der Waals surface area contributed by atoms with E-state index in [0.29, 0.717) is 5.69 Å². The van der Waals surface area contributed by atoms with E-state index in [2.05, 4.69) is 15.4 Å². The van der Waals surface area contributed by atoms with Gasteiger partial charge in [0, 0.05) is 13.2 Å². The van der Waals surface area contributed by atoms with Crippen molar-refractivity contribution in [3.05, 3.63) is 35.7 Å². The molecule has 0 unspecified atom stereocenters. The zero-order chi connectivity index (χ0) is 14.0. The Hall–Kier alpha value is -2.25. The number of hydrogen-bond donors (Lipinski definition) is 2. The van der Waals surface area contributed by atoms with Crippen LogP contribution in [0.1, 0.15) is 11.3 Å². The number of aromatic nitrogens is 3. The van der Waals surface area contributed by atoms with Gasteiger partial charge in [-0.2, -0.15) is 18.3 Å². The van der Waals surface area contributed by atoms with E-state index < -0.39 is 11.7 Å². The van der Waals surface area contributed by atoms with Gasteiger partial charge in [-0.05, 0) is 18.2 Å². The molecule has 0 amide bonds. The first-order valence-electron chi connectivity index (χ1n) is 5.42. The van der Waals surface area contributed by atoms with Crippen LogP contribution in [-0.4, -0.2) is 14.8 Å². The Morgan fingerprint density at radius 3 is 2.68 bits per heavy atom. The third-order valence-corrected chi connectivity index (χ3v) is 2.39. The monoisotopic (exact) mass is 271 g/mol. The summed E-state index contributed by atoms with van der Waals surface area (Å²) in [6.45, 7) is 0.272. The van der Waals surface area contributed by atoms with Gasteiger partial charge >= 0.3 is 6.18 Å². The fraction of sp³-hybridized carbons (Fsp3) is 0.273. The molecule has 5 nitrogen and oxygen atoms in total. The van der Waals surface area contributed by atoms with Crippen LogP contribution < -0.4 is 11.1 Å². The van der Waals surface area contributed by atoms with Crippen LogP contribution in [0.15, 0.2) is 24.4 Å². The van der Waals surface area contributed by atoms with Gasteiger partial charge < -0.3 is 11.1 Å². The topological polar surface area (TPSA) is 68.8 Å². The van der Waals surface area contributed by atoms with Crippen molar-refractivity contribution in [2.75, 3.05) is 11.1 Å². The molecule has 2 heterocycles. The SMILES string of the molecule is Cn1ccc(CNc2cc(C(F)(F)F)cc(N)n2)n1. The van der Waals surface area contributed by atoms with Crippen LogP contribution in [0.2, 0.25) is 0 Å². The molecule has 0 saturated heterocycles. The average molecular weight is 271 g/mol. The highest BCUT2D eigenvalue weighted by atomic mass is 19.4. The van der Waals surface area contributed by atoms with E-state index in [1.54, 1.807) is 24.0 Å². The molecule has 19 heavy (non-hydrogen) atoms. The molecule has 0 spiro atoms. The second kappa shape index (κ2) is 4.79. The number of rotatable bonds is 3. The number of alkyl halides is 3. The van der Waals surface area contributed by atoms with Crippen molar-refractivity contribution >= 4 is 11.6 Å². The van der Waals surface area contributed by atoms with Crippen LogP contribution in [0.4, 0.5) is 24.8 Å². The summed E-state index contributed by atoms with van der Waals surface area (Å²) < 4.78 is 39.4. The third-order valence-electron chi connectivity index (χ3n) is 2.39. The maximum absolute atomic E-state index is 12.6. The Bertz CT molecular complexity index is 576. The standard InChI is InChI=1S/C11H12F3N5/c1-19-3-2-8(18-19)6-16-10-5-7(11(12,13)14)4-9(15)17-10/h2-5H,6H2,1H3,(H3,15,16,17). The number of pyridine rings is 1. The molecular weight excluding hydrogens is 259 g/mol. The summed E-state index contributed by atoms with van der Waals surface area (Å²) in [5, 5.41) is 6.85. The van der Waals surface area contributed by atoms with Crippen molar-refractivity contribution < 1.29 is 13.2 Å². The lowest BCUT2D eigenvalue weighted by Crippen LogP contribution is -2.10. The average Bonchev–Trinajstić information content (AvgIpc) is 2.71. The molecule has 0 bridgehead atoms. The highest BCUT2D eigenvalue weighted by Gasteiger charge is 2.31. The van der Waals surface area contributed by atoms with Crippen LogP contribution >= 0.6 is 0 Å². The van der Waals surface area contributed by atoms with Crippen LogP contribution in [0.3, 0.4) is 0 Å². The lowest BCUT2D eigenvalue weighted by Gasteiger charge is -2.10. The van der Waals surface area contributed by atoms with Crippen LogP contribution in [0, 0.1) is 0 Å². The number of nitrogens with two attached hydrogens (primary N) is 1. The van der Waals surface area contributed by atoms with Gasteiger partial charge in [0.15, 0.2) is 0 Å². The van der Waals surface area contributed by atoms with Gasteiger partial charge in [0.2, 0.25) is 0 Å². The quantitative estimate of drug-likeness (QED) is 0.896. The second-order valence-corrected chi connectivity index (χ2v) is 4.00. The van der Waals surface area contributed by atoms with Gasteiger partial charge in [-0.3, -0.25) is 4.68 Å². The van der Waals surface area contributed by atoms with Crippen molar-refractivity contribution in [3.8, 4) is 0 Å². The number of aryl methyl sites for hydroxylation is 1. The fourth-order valence-electron chi connectivity index (χ4n) is 1.54. The van der Waals surface area contributed by atoms with Gasteiger partial charge in [-0.1, -0.05) is 0 Å². The Kier molecular flexibility index (Phi) is 3.32. The first-order valence-corrected chi connectivity index (χ1v) is 5.42. The fourth-order valence-corrected chi connectivity index (χ4v) is 1.54. The molecule has 0 atom stereocenters. The Morgan fingerprint density at radius 2 is 2.11 bits per heavy atom. The van der Waals surface area contributed by atoms with Gasteiger partial charge in [0.25, 0.3) is 0 Å². The molecule has 0 saturated carbocycles. The molecule has 0 radical (unpaired) electrons. The molecule has 2 aromatic heterocycles. The Balaban J connectivity index is 2.14. The highest BCUT2D eigenvalue weighted by molar-refractivity contribution is 5.47. The number of nitrogens with zero attached hydrogens (tertiary/aromatic N) is 3. The first kappa shape index (κ1) is 13.2. The summed E-state index contributed by atoms with van der Waals surface area (Å²) in [6.07, 6.45) is -2.70. The van der Waals surface area contributed by atoms with Gasteiger partial charge in [-0.25, -0.2) is 4.98 Å². The number of hydrogen-bond acceptors (Lipinski definition) is 4. The first-order chi connectivity index (χ1) is 8.84. The third kappa shape index (κ3) is 3.36. The smallest absolute Gasteiger partial charge is 0.384 e. The molecule has 2 aromatic rings. The molecule has 0 aliphatic heterocycles. The lowest BCUT2D eigenvalue weighted by molar-refractivity contribution is -0.137. The summed E-state index contributed by atoms with van der Waals surface area (Å²) in [6, 6.07) is 3.47. The maximum atomic E-state index is 12.6. The minimum absolute atomic E-state index is 0.0676. The number of nitrogen functional groups attached to an aromatic ring is 1.